The number of carboxylic acids is 1. The van der Waals surface area contributed by atoms with Gasteiger partial charge in [0, 0.05) is 17.3 Å². The first kappa shape index (κ1) is 27.6. The Morgan fingerprint density at radius 3 is 2.53 bits per heavy atom. The Balaban J connectivity index is 1.51. The number of aromatic nitrogens is 1. The van der Waals surface area contributed by atoms with E-state index in [4.69, 9.17) is 4.74 Å². The fraction of sp³-hybridized carbons (Fsp3) is 0.233. The summed E-state index contributed by atoms with van der Waals surface area (Å²) in [6, 6.07) is 22.5. The molecule has 4 rings (SSSR count). The average molecular weight is 547 g/mol. The van der Waals surface area contributed by atoms with Crippen molar-refractivity contribution in [3.63, 3.8) is 0 Å². The Hall–Kier alpha value is -3.46. The number of hydrogen-bond donors (Lipinski definition) is 2. The van der Waals surface area contributed by atoms with Crippen molar-refractivity contribution in [2.45, 2.75) is 32.6 Å². The van der Waals surface area contributed by atoms with Crippen LogP contribution in [0.5, 0.6) is 0 Å². The average Bonchev–Trinajstić information content (AvgIpc) is 3.40. The van der Waals surface area contributed by atoms with Gasteiger partial charge < -0.3 is 15.2 Å². The number of benzene rings is 3. The molecule has 0 saturated heterocycles. The minimum Gasteiger partial charge on any atom is -0.480 e. The molecule has 3 aromatic carbocycles. The number of thiazole rings is 1. The molecule has 2 N–H and O–H groups in total. The van der Waals surface area contributed by atoms with Crippen molar-refractivity contribution >= 4 is 35.0 Å². The van der Waals surface area contributed by atoms with Gasteiger partial charge in [0.2, 0.25) is 0 Å². The quantitative estimate of drug-likeness (QED) is 0.213. The number of nitrogens with one attached hydrogen (secondary N) is 1. The van der Waals surface area contributed by atoms with Crippen molar-refractivity contribution in [1.82, 2.24) is 10.3 Å². The van der Waals surface area contributed by atoms with Crippen LogP contribution in [0, 0.1) is 6.92 Å². The topological polar surface area (TPSA) is 88.5 Å². The molecule has 0 radical (unpaired) electrons. The Labute approximate surface area is 231 Å². The summed E-state index contributed by atoms with van der Waals surface area (Å²) in [5, 5.41) is 13.2. The van der Waals surface area contributed by atoms with Crippen LogP contribution >= 0.6 is 23.1 Å². The van der Waals surface area contributed by atoms with E-state index in [0.717, 1.165) is 37.7 Å². The van der Waals surface area contributed by atoms with Gasteiger partial charge in [0.05, 0.1) is 18.1 Å². The second-order valence-electron chi connectivity index (χ2n) is 8.83. The fourth-order valence-electron chi connectivity index (χ4n) is 4.06. The van der Waals surface area contributed by atoms with E-state index in [0.29, 0.717) is 31.0 Å². The third-order valence-corrected chi connectivity index (χ3v) is 7.73. The van der Waals surface area contributed by atoms with E-state index in [-0.39, 0.29) is 0 Å². The minimum absolute atomic E-state index is 0.359. The zero-order valence-electron chi connectivity index (χ0n) is 21.3. The van der Waals surface area contributed by atoms with Gasteiger partial charge in [-0.15, -0.1) is 11.3 Å². The SMILES string of the molecule is CSCCC(NC(=O)c1ccc(COCc2cnc(-c3ccccc3)s2)cc1-c1ccccc1C)C(=O)O. The lowest BCUT2D eigenvalue weighted by Gasteiger charge is -2.17. The summed E-state index contributed by atoms with van der Waals surface area (Å²) in [4.78, 5) is 30.5. The molecule has 1 atom stereocenters. The zero-order valence-corrected chi connectivity index (χ0v) is 23.0. The second-order valence-corrected chi connectivity index (χ2v) is 10.9. The standard InChI is InChI=1S/C30H30N2O4S2/c1-20-8-6-7-11-24(20)26-16-21(12-13-25(26)28(33)32-27(30(34)35)14-15-37-2)18-36-19-23-17-31-29(38-23)22-9-4-3-5-10-22/h3-13,16-17,27H,14-15,18-19H2,1-2H3,(H,32,33)(H,34,35). The van der Waals surface area contributed by atoms with Crippen molar-refractivity contribution < 1.29 is 19.4 Å². The van der Waals surface area contributed by atoms with E-state index in [2.05, 4.69) is 10.3 Å². The van der Waals surface area contributed by atoms with Crippen LogP contribution in [-0.2, 0) is 22.7 Å². The molecule has 196 valence electrons. The van der Waals surface area contributed by atoms with Crippen LogP contribution in [0.3, 0.4) is 0 Å². The first-order valence-corrected chi connectivity index (χ1v) is 14.5. The molecular weight excluding hydrogens is 516 g/mol. The summed E-state index contributed by atoms with van der Waals surface area (Å²) in [6.07, 6.45) is 4.11. The number of amides is 1. The first-order chi connectivity index (χ1) is 18.5. The zero-order chi connectivity index (χ0) is 26.9. The molecule has 0 aliphatic rings. The number of hydrogen-bond acceptors (Lipinski definition) is 6. The van der Waals surface area contributed by atoms with E-state index in [1.54, 1.807) is 29.2 Å². The van der Waals surface area contributed by atoms with Gasteiger partial charge in [-0.25, -0.2) is 9.78 Å². The van der Waals surface area contributed by atoms with Crippen LogP contribution in [-0.4, -0.2) is 40.0 Å². The predicted octanol–water partition coefficient (Wildman–Crippen LogP) is 6.44. The maximum absolute atomic E-state index is 13.2. The van der Waals surface area contributed by atoms with Crippen LogP contribution in [0.4, 0.5) is 0 Å². The summed E-state index contributed by atoms with van der Waals surface area (Å²) in [6.45, 7) is 2.79. The molecule has 1 unspecified atom stereocenters. The van der Waals surface area contributed by atoms with E-state index < -0.39 is 17.9 Å². The number of carbonyl (C=O) groups excluding carboxylic acids is 1. The molecule has 38 heavy (non-hydrogen) atoms. The normalized spacial score (nSPS) is 11.7. The summed E-state index contributed by atoms with van der Waals surface area (Å²) < 4.78 is 6.01. The number of carboxylic acid groups (broad SMARTS) is 1. The Bertz CT molecular complexity index is 1390. The van der Waals surface area contributed by atoms with Crippen molar-refractivity contribution in [3.8, 4) is 21.7 Å². The molecule has 0 fully saturated rings. The van der Waals surface area contributed by atoms with Gasteiger partial charge in [-0.3, -0.25) is 4.79 Å². The molecule has 1 heterocycles. The number of aryl methyl sites for hydroxylation is 1. The molecule has 0 spiro atoms. The van der Waals surface area contributed by atoms with Crippen molar-refractivity contribution in [2.75, 3.05) is 12.0 Å². The largest absolute Gasteiger partial charge is 0.480 e. The highest BCUT2D eigenvalue weighted by atomic mass is 32.2. The Morgan fingerprint density at radius 1 is 1.03 bits per heavy atom. The van der Waals surface area contributed by atoms with Gasteiger partial charge in [0.25, 0.3) is 5.91 Å². The molecule has 8 heteroatoms. The highest BCUT2D eigenvalue weighted by Gasteiger charge is 2.22. The minimum atomic E-state index is -1.03. The lowest BCUT2D eigenvalue weighted by molar-refractivity contribution is -0.139. The second kappa shape index (κ2) is 13.4. The number of rotatable bonds is 12. The number of aliphatic carboxylic acids is 1. The maximum atomic E-state index is 13.2. The van der Waals surface area contributed by atoms with Crippen LogP contribution in [0.1, 0.15) is 32.8 Å². The van der Waals surface area contributed by atoms with Crippen molar-refractivity contribution in [1.29, 1.82) is 0 Å². The molecular formula is C30H30N2O4S2. The van der Waals surface area contributed by atoms with Gasteiger partial charge in [-0.2, -0.15) is 11.8 Å². The Kier molecular flexibility index (Phi) is 9.70. The third-order valence-electron chi connectivity index (χ3n) is 6.07. The summed E-state index contributed by atoms with van der Waals surface area (Å²) in [5.41, 5.74) is 5.14. The third kappa shape index (κ3) is 7.10. The molecule has 1 aromatic heterocycles. The fourth-order valence-corrected chi connectivity index (χ4v) is 5.39. The molecule has 6 nitrogen and oxygen atoms in total. The Morgan fingerprint density at radius 2 is 1.79 bits per heavy atom. The number of nitrogens with zero attached hydrogens (tertiary/aromatic N) is 1. The molecule has 0 bridgehead atoms. The predicted molar refractivity (Wildman–Crippen MR) is 155 cm³/mol. The lowest BCUT2D eigenvalue weighted by Crippen LogP contribution is -2.41. The smallest absolute Gasteiger partial charge is 0.326 e. The number of carbonyl (C=O) groups is 2. The highest BCUT2D eigenvalue weighted by molar-refractivity contribution is 7.98. The monoisotopic (exact) mass is 546 g/mol. The van der Waals surface area contributed by atoms with Crippen LogP contribution in [0.25, 0.3) is 21.7 Å². The van der Waals surface area contributed by atoms with Gasteiger partial charge >= 0.3 is 5.97 Å². The summed E-state index contributed by atoms with van der Waals surface area (Å²) >= 11 is 3.15. The number of thioether (sulfide) groups is 1. The number of ether oxygens (including phenoxy) is 1. The molecule has 0 aliphatic heterocycles. The molecule has 4 aromatic rings. The highest BCUT2D eigenvalue weighted by Crippen LogP contribution is 2.29. The van der Waals surface area contributed by atoms with E-state index in [1.165, 1.54) is 0 Å². The maximum Gasteiger partial charge on any atom is 0.326 e. The molecule has 0 aliphatic carbocycles. The van der Waals surface area contributed by atoms with Gasteiger partial charge in [0.15, 0.2) is 0 Å². The van der Waals surface area contributed by atoms with Gasteiger partial charge in [-0.05, 0) is 59.7 Å². The van der Waals surface area contributed by atoms with E-state index in [1.807, 2.05) is 86.1 Å². The van der Waals surface area contributed by atoms with E-state index in [9.17, 15) is 14.7 Å². The van der Waals surface area contributed by atoms with Crippen LogP contribution in [0.2, 0.25) is 0 Å². The lowest BCUT2D eigenvalue weighted by atomic mass is 9.93. The molecule has 1 amide bonds. The van der Waals surface area contributed by atoms with Crippen molar-refractivity contribution in [2.24, 2.45) is 0 Å². The first-order valence-electron chi connectivity index (χ1n) is 12.3. The van der Waals surface area contributed by atoms with Gasteiger partial charge in [-0.1, -0.05) is 60.7 Å². The van der Waals surface area contributed by atoms with Crippen molar-refractivity contribution in [3.05, 3.63) is 101 Å². The van der Waals surface area contributed by atoms with Gasteiger partial charge in [0.1, 0.15) is 11.0 Å². The van der Waals surface area contributed by atoms with E-state index >= 15 is 0 Å². The molecule has 0 saturated carbocycles. The summed E-state index contributed by atoms with van der Waals surface area (Å²) in [7, 11) is 0. The van der Waals surface area contributed by atoms with Crippen LogP contribution < -0.4 is 5.32 Å². The van der Waals surface area contributed by atoms with Crippen LogP contribution in [0.15, 0.2) is 79.0 Å². The summed E-state index contributed by atoms with van der Waals surface area (Å²) in [5.74, 6) is -0.791.